The molecule has 0 aliphatic heterocycles. The van der Waals surface area contributed by atoms with Crippen molar-refractivity contribution in [3.63, 3.8) is 0 Å². The number of hydrogen-bond donors (Lipinski definition) is 0. The molecule has 0 aliphatic carbocycles. The van der Waals surface area contributed by atoms with Gasteiger partial charge in [0.1, 0.15) is 15.0 Å². The monoisotopic (exact) mass is 536 g/mol. The summed E-state index contributed by atoms with van der Waals surface area (Å²) >= 11 is 3.12. The minimum absolute atomic E-state index is 0.279. The predicted octanol–water partition coefficient (Wildman–Crippen LogP) is 7.52. The number of rotatable bonds is 4. The Labute approximate surface area is 195 Å². The summed E-state index contributed by atoms with van der Waals surface area (Å²) in [6.07, 6.45) is -4.86. The Morgan fingerprint density at radius 3 is 2.16 bits per heavy atom. The molecule has 0 aliphatic rings. The summed E-state index contributed by atoms with van der Waals surface area (Å²) in [5.41, 5.74) is 0.741. The van der Waals surface area contributed by atoms with E-state index in [0.29, 0.717) is 21.2 Å². The van der Waals surface area contributed by atoms with Gasteiger partial charge in [0.25, 0.3) is 0 Å². The predicted molar refractivity (Wildman–Crippen MR) is 132 cm³/mol. The first-order valence-corrected chi connectivity index (χ1v) is 16.4. The van der Waals surface area contributed by atoms with Crippen molar-refractivity contribution in [1.29, 1.82) is 0 Å². The van der Waals surface area contributed by atoms with E-state index in [-0.39, 0.29) is 11.3 Å². The lowest BCUT2D eigenvalue weighted by molar-refractivity contribution is -0.274. The number of benzene rings is 4. The van der Waals surface area contributed by atoms with Crippen LogP contribution in [0.1, 0.15) is 0 Å². The molecule has 0 saturated heterocycles. The molecule has 2 nitrogen and oxygen atoms in total. The molecule has 8 heteroatoms. The minimum atomic E-state index is -4.86. The lowest BCUT2D eigenvalue weighted by atomic mass is 9.93. The summed E-state index contributed by atoms with van der Waals surface area (Å²) in [6, 6.07) is 19.7. The van der Waals surface area contributed by atoms with Gasteiger partial charge < -0.3 is 4.74 Å². The minimum Gasteiger partial charge on any atom is -0.405 e. The van der Waals surface area contributed by atoms with Crippen LogP contribution in [0.4, 0.5) is 13.2 Å². The highest BCUT2D eigenvalue weighted by molar-refractivity contribution is 9.46. The van der Waals surface area contributed by atoms with Crippen LogP contribution in [0.3, 0.4) is 0 Å². The van der Waals surface area contributed by atoms with Crippen LogP contribution in [0.2, 0.25) is 19.6 Å². The zero-order valence-electron chi connectivity index (χ0n) is 17.6. The highest BCUT2D eigenvalue weighted by Crippen LogP contribution is 2.45. The molecule has 0 radical (unpaired) electrons. The molecule has 166 valence electrons. The number of halogens is 4. The fourth-order valence-corrected chi connectivity index (χ4v) is 6.42. The van der Waals surface area contributed by atoms with Gasteiger partial charge in [-0.2, -0.15) is 0 Å². The van der Waals surface area contributed by atoms with E-state index in [2.05, 4.69) is 39.2 Å². The van der Waals surface area contributed by atoms with Crippen LogP contribution in [0, 0.1) is 0 Å². The number of hydrogen-bond acceptors (Lipinski definition) is 2. The third-order valence-corrected chi connectivity index (χ3v) is 9.16. The van der Waals surface area contributed by atoms with E-state index >= 15 is 0 Å². The van der Waals surface area contributed by atoms with E-state index in [4.69, 9.17) is 0 Å². The molecule has 0 amide bonds. The van der Waals surface area contributed by atoms with Crippen LogP contribution in [-0.2, 0) is 9.23 Å². The van der Waals surface area contributed by atoms with Crippen LogP contribution in [-0.4, -0.2) is 18.6 Å². The molecular weight excluding hydrogens is 517 g/mol. The maximum atomic E-state index is 13.3. The van der Waals surface area contributed by atoms with Gasteiger partial charge in [0.15, 0.2) is 0 Å². The normalized spacial score (nSPS) is 13.5. The molecule has 4 rings (SSSR count). The Morgan fingerprint density at radius 2 is 1.50 bits per heavy atom. The molecule has 4 aromatic carbocycles. The van der Waals surface area contributed by atoms with Crippen molar-refractivity contribution < 1.29 is 22.1 Å². The largest absolute Gasteiger partial charge is 0.573 e. The first kappa shape index (κ1) is 23.0. The Hall–Kier alpha value is -2.16. The van der Waals surface area contributed by atoms with Gasteiger partial charge in [-0.3, -0.25) is 0 Å². The topological polar surface area (TPSA) is 26.3 Å². The van der Waals surface area contributed by atoms with Crippen LogP contribution in [0.5, 0.6) is 5.75 Å². The van der Waals surface area contributed by atoms with Gasteiger partial charge in [-0.15, -0.1) is 13.2 Å². The molecule has 32 heavy (non-hydrogen) atoms. The molecule has 0 spiro atoms. The summed E-state index contributed by atoms with van der Waals surface area (Å²) in [6.45, 7) is 6.65. The van der Waals surface area contributed by atoms with Gasteiger partial charge in [0.2, 0.25) is 0 Å². The number of fused-ring (bicyclic) bond motifs is 2. The van der Waals surface area contributed by atoms with E-state index in [1.54, 1.807) is 12.1 Å². The standard InChI is InChI=1S/C24H20BrF3O2SSi/c1-32(2,3)17-10-11-19-16(14-17)8-12-20(30-24(26,27)28)22(19)23-18-7-5-4-6-15(18)9-13-21(23)31(25)29/h4-14H,1-3H3. The highest BCUT2D eigenvalue weighted by atomic mass is 79.9. The number of ether oxygens (including phenoxy) is 1. The van der Waals surface area contributed by atoms with Crippen molar-refractivity contribution in [2.24, 2.45) is 0 Å². The maximum Gasteiger partial charge on any atom is 0.573 e. The van der Waals surface area contributed by atoms with Gasteiger partial charge in [0, 0.05) is 25.9 Å². The fraction of sp³-hybridized carbons (Fsp3) is 0.167. The lowest BCUT2D eigenvalue weighted by Gasteiger charge is -2.21. The van der Waals surface area contributed by atoms with Gasteiger partial charge >= 0.3 is 6.36 Å². The van der Waals surface area contributed by atoms with E-state index in [1.165, 1.54) is 11.3 Å². The summed E-state index contributed by atoms with van der Waals surface area (Å²) < 4.78 is 57.1. The zero-order chi connectivity index (χ0) is 23.3. The second-order valence-electron chi connectivity index (χ2n) is 8.56. The summed E-state index contributed by atoms with van der Waals surface area (Å²) in [7, 11) is -3.25. The second kappa shape index (κ2) is 8.32. The molecule has 0 aromatic heterocycles. The first-order valence-electron chi connectivity index (χ1n) is 9.89. The Kier molecular flexibility index (Phi) is 5.98. The Bertz CT molecular complexity index is 1360. The van der Waals surface area contributed by atoms with Crippen molar-refractivity contribution in [3.8, 4) is 16.9 Å². The third-order valence-electron chi connectivity index (χ3n) is 5.39. The summed E-state index contributed by atoms with van der Waals surface area (Å²) in [5, 5.41) is 4.16. The van der Waals surface area contributed by atoms with Crippen molar-refractivity contribution in [2.75, 3.05) is 0 Å². The summed E-state index contributed by atoms with van der Waals surface area (Å²) in [5.74, 6) is -0.318. The third kappa shape index (κ3) is 4.49. The van der Waals surface area contributed by atoms with Crippen molar-refractivity contribution >= 4 is 58.9 Å². The lowest BCUT2D eigenvalue weighted by Crippen LogP contribution is -2.37. The SMILES string of the molecule is C[Si](C)(C)c1ccc2c(-c3c(S(=O)Br)ccc4ccccc34)c(OC(F)(F)F)ccc2c1. The molecule has 1 unspecified atom stereocenters. The van der Waals surface area contributed by atoms with E-state index in [1.807, 2.05) is 48.5 Å². The quantitative estimate of drug-likeness (QED) is 0.199. The van der Waals surface area contributed by atoms with Crippen LogP contribution < -0.4 is 9.92 Å². The fourth-order valence-electron chi connectivity index (χ4n) is 3.89. The molecule has 0 bridgehead atoms. The van der Waals surface area contributed by atoms with Crippen LogP contribution in [0.15, 0.2) is 71.6 Å². The highest BCUT2D eigenvalue weighted by Gasteiger charge is 2.33. The Balaban J connectivity index is 2.16. The number of alkyl halides is 3. The average Bonchev–Trinajstić information content (AvgIpc) is 2.70. The Morgan fingerprint density at radius 1 is 0.844 bits per heavy atom. The van der Waals surface area contributed by atoms with Crippen LogP contribution in [0.25, 0.3) is 32.7 Å². The zero-order valence-corrected chi connectivity index (χ0v) is 21.0. The molecule has 0 heterocycles. The van der Waals surface area contributed by atoms with E-state index < -0.39 is 23.7 Å². The van der Waals surface area contributed by atoms with Crippen molar-refractivity contribution in [2.45, 2.75) is 30.9 Å². The molecule has 0 fully saturated rings. The molecular formula is C24H20BrF3O2SSi. The van der Waals surface area contributed by atoms with Gasteiger partial charge in [-0.25, -0.2) is 4.21 Å². The van der Waals surface area contributed by atoms with Crippen molar-refractivity contribution in [3.05, 3.63) is 66.7 Å². The smallest absolute Gasteiger partial charge is 0.405 e. The van der Waals surface area contributed by atoms with Gasteiger partial charge in [-0.1, -0.05) is 79.4 Å². The van der Waals surface area contributed by atoms with Crippen molar-refractivity contribution in [1.82, 2.24) is 0 Å². The summed E-state index contributed by atoms with van der Waals surface area (Å²) in [4.78, 5) is 0.387. The molecule has 0 saturated carbocycles. The molecule has 4 aromatic rings. The maximum absolute atomic E-state index is 13.3. The average molecular weight is 537 g/mol. The van der Waals surface area contributed by atoms with Gasteiger partial charge in [-0.05, 0) is 33.7 Å². The second-order valence-corrected chi connectivity index (χ2v) is 16.3. The molecule has 1 atom stereocenters. The van der Waals surface area contributed by atoms with E-state index in [9.17, 15) is 17.4 Å². The molecule has 0 N–H and O–H groups in total. The van der Waals surface area contributed by atoms with E-state index in [0.717, 1.165) is 10.8 Å². The van der Waals surface area contributed by atoms with Gasteiger partial charge in [0.05, 0.1) is 13.0 Å². The first-order chi connectivity index (χ1) is 15.0. The van der Waals surface area contributed by atoms with Crippen LogP contribution >= 0.6 is 14.8 Å².